The Morgan fingerprint density at radius 2 is 2.00 bits per heavy atom. The molecule has 1 aromatic carbocycles. The summed E-state index contributed by atoms with van der Waals surface area (Å²) in [5, 5.41) is 26.6. The minimum atomic E-state index is -0.478. The largest absolute Gasteiger partial charge is 0.493 e. The topological polar surface area (TPSA) is 154 Å². The van der Waals surface area contributed by atoms with E-state index in [1.165, 1.54) is 17.9 Å². The van der Waals surface area contributed by atoms with Crippen LogP contribution in [0.2, 0.25) is 0 Å². The van der Waals surface area contributed by atoms with Gasteiger partial charge in [0.05, 0.1) is 24.3 Å². The molecule has 0 spiro atoms. The molecule has 3 heterocycles. The number of aliphatic hydroxyl groups excluding tert-OH is 1. The molecule has 0 unspecified atom stereocenters. The second kappa shape index (κ2) is 13.1. The number of methoxy groups -OCH3 is 1. The van der Waals surface area contributed by atoms with Gasteiger partial charge in [0.25, 0.3) is 5.91 Å². The molecule has 212 valence electrons. The molecule has 0 aliphatic carbocycles. The number of likely N-dealkylation sites (tertiary alicyclic amines) is 1. The molecule has 1 aliphatic heterocycles. The third kappa shape index (κ3) is 6.96. The number of β-amino-alcohol motifs (C(OH)–C–C–N with tert-alkyl or cyclic N) is 1. The van der Waals surface area contributed by atoms with Crippen molar-refractivity contribution in [2.45, 2.75) is 31.9 Å². The first kappa shape index (κ1) is 28.6. The predicted molar refractivity (Wildman–Crippen MR) is 152 cm³/mol. The minimum Gasteiger partial charge on any atom is -0.493 e. The number of fused-ring (bicyclic) bond motifs is 1. The van der Waals surface area contributed by atoms with Gasteiger partial charge in [-0.1, -0.05) is 0 Å². The summed E-state index contributed by atoms with van der Waals surface area (Å²) < 4.78 is 13.0. The maximum absolute atomic E-state index is 12.8. The molecule has 2 amide bonds. The van der Waals surface area contributed by atoms with Crippen LogP contribution < -0.4 is 25.4 Å². The van der Waals surface area contributed by atoms with Crippen molar-refractivity contribution in [1.29, 1.82) is 5.41 Å². The summed E-state index contributed by atoms with van der Waals surface area (Å²) in [6.45, 7) is 4.15. The highest BCUT2D eigenvalue weighted by molar-refractivity contribution is 6.16. The third-order valence-electron chi connectivity index (χ3n) is 6.61. The van der Waals surface area contributed by atoms with Gasteiger partial charge in [0.1, 0.15) is 11.6 Å². The summed E-state index contributed by atoms with van der Waals surface area (Å²) in [4.78, 5) is 31.4. The molecular formula is C28H35N7O5. The average molecular weight is 550 g/mol. The number of ether oxygens (including phenoxy) is 2. The first-order valence-electron chi connectivity index (χ1n) is 13.0. The molecule has 1 atom stereocenters. The van der Waals surface area contributed by atoms with Gasteiger partial charge in [-0.25, -0.2) is 9.78 Å². The quantitative estimate of drug-likeness (QED) is 0.191. The third-order valence-corrected chi connectivity index (χ3v) is 6.61. The lowest BCUT2D eigenvalue weighted by Crippen LogP contribution is -2.43. The normalized spacial score (nSPS) is 15.3. The zero-order valence-corrected chi connectivity index (χ0v) is 22.8. The van der Waals surface area contributed by atoms with E-state index in [0.29, 0.717) is 29.3 Å². The summed E-state index contributed by atoms with van der Waals surface area (Å²) in [5.41, 5.74) is 0.823. The summed E-state index contributed by atoms with van der Waals surface area (Å²) in [7, 11) is 3.07. The molecular weight excluding hydrogens is 514 g/mol. The highest BCUT2D eigenvalue weighted by Gasteiger charge is 2.20. The lowest BCUT2D eigenvalue weighted by atomic mass is 10.0. The van der Waals surface area contributed by atoms with Gasteiger partial charge in [-0.15, -0.1) is 0 Å². The van der Waals surface area contributed by atoms with Gasteiger partial charge in [-0.05, 0) is 38.0 Å². The molecule has 3 aromatic rings. The molecule has 1 aliphatic rings. The Hall–Kier alpha value is -4.42. The Labute approximate surface area is 232 Å². The molecule has 0 radical (unpaired) electrons. The van der Waals surface area contributed by atoms with Crippen LogP contribution in [0.1, 0.15) is 19.8 Å². The van der Waals surface area contributed by atoms with Crippen LogP contribution in [0, 0.1) is 5.41 Å². The second-order valence-electron chi connectivity index (χ2n) is 9.57. The molecule has 1 fully saturated rings. The van der Waals surface area contributed by atoms with Crippen molar-refractivity contribution < 1.29 is 24.2 Å². The number of aromatic nitrogens is 2. The Kier molecular flexibility index (Phi) is 9.35. The van der Waals surface area contributed by atoms with Crippen molar-refractivity contribution in [2.24, 2.45) is 0 Å². The molecule has 2 aromatic heterocycles. The van der Waals surface area contributed by atoms with Gasteiger partial charge >= 0.3 is 6.03 Å². The van der Waals surface area contributed by atoms with E-state index < -0.39 is 5.91 Å². The van der Waals surface area contributed by atoms with E-state index in [2.05, 4.69) is 25.8 Å². The number of anilines is 1. The van der Waals surface area contributed by atoms with E-state index in [9.17, 15) is 14.7 Å². The first-order chi connectivity index (χ1) is 19.3. The van der Waals surface area contributed by atoms with Gasteiger partial charge in [0.15, 0.2) is 11.5 Å². The van der Waals surface area contributed by atoms with Gasteiger partial charge in [0.2, 0.25) is 0 Å². The fourth-order valence-electron chi connectivity index (χ4n) is 4.57. The number of hydrogen-bond donors (Lipinski definition) is 5. The van der Waals surface area contributed by atoms with E-state index in [-0.39, 0.29) is 29.6 Å². The van der Waals surface area contributed by atoms with E-state index in [4.69, 9.17) is 14.9 Å². The highest BCUT2D eigenvalue weighted by Crippen LogP contribution is 2.36. The fraction of sp³-hybridized carbons (Fsp3) is 0.357. The zero-order chi connectivity index (χ0) is 28.6. The molecule has 40 heavy (non-hydrogen) atoms. The van der Waals surface area contributed by atoms with Crippen molar-refractivity contribution in [2.75, 3.05) is 39.1 Å². The minimum absolute atomic E-state index is 0.160. The maximum atomic E-state index is 12.8. The van der Waals surface area contributed by atoms with Crippen molar-refractivity contribution >= 4 is 34.9 Å². The Morgan fingerprint density at radius 1 is 1.23 bits per heavy atom. The summed E-state index contributed by atoms with van der Waals surface area (Å²) in [6, 6.07) is 8.42. The molecule has 1 saturated heterocycles. The van der Waals surface area contributed by atoms with Crippen molar-refractivity contribution in [3.8, 4) is 17.2 Å². The number of piperidine rings is 1. The Morgan fingerprint density at radius 3 is 2.67 bits per heavy atom. The predicted octanol–water partition coefficient (Wildman–Crippen LogP) is 2.93. The number of benzene rings is 1. The molecule has 12 heteroatoms. The number of pyridine rings is 1. The van der Waals surface area contributed by atoms with E-state index in [0.717, 1.165) is 37.5 Å². The lowest BCUT2D eigenvalue weighted by Gasteiger charge is -2.32. The van der Waals surface area contributed by atoms with Crippen LogP contribution in [-0.2, 0) is 4.79 Å². The lowest BCUT2D eigenvalue weighted by molar-refractivity contribution is -0.112. The Bertz CT molecular complexity index is 1390. The highest BCUT2D eigenvalue weighted by atomic mass is 16.5. The summed E-state index contributed by atoms with van der Waals surface area (Å²) >= 11 is 0. The molecule has 0 bridgehead atoms. The monoisotopic (exact) mass is 549 g/mol. The number of carbonyl (C=O) groups is 2. The summed E-state index contributed by atoms with van der Waals surface area (Å²) in [5.74, 6) is 1.05. The second-order valence-corrected chi connectivity index (χ2v) is 9.57. The number of rotatable bonds is 10. The first-order valence-corrected chi connectivity index (χ1v) is 13.0. The van der Waals surface area contributed by atoms with Crippen LogP contribution in [0.4, 0.5) is 10.6 Å². The van der Waals surface area contributed by atoms with Crippen LogP contribution in [-0.4, -0.2) is 83.6 Å². The van der Waals surface area contributed by atoms with Crippen molar-refractivity contribution in [3.63, 3.8) is 0 Å². The Balaban J connectivity index is 1.41. The van der Waals surface area contributed by atoms with Gasteiger partial charge < -0.3 is 40.8 Å². The molecule has 0 saturated carbocycles. The SMILES string of the molecule is CNC(=O)n1ccc2cc(Oc3ccnc(NC(=O)/C(C=N)=C/NC4CCN(C[C@@H](C)O)CC4)c3)c(OC)cc21. The number of amides is 2. The molecule has 5 N–H and O–H groups in total. The van der Waals surface area contributed by atoms with Gasteiger partial charge in [0, 0.05) is 75.1 Å². The van der Waals surface area contributed by atoms with Crippen molar-refractivity contribution in [1.82, 2.24) is 25.1 Å². The van der Waals surface area contributed by atoms with Crippen LogP contribution in [0.5, 0.6) is 17.2 Å². The average Bonchev–Trinajstić information content (AvgIpc) is 3.36. The smallest absolute Gasteiger partial charge is 0.325 e. The van der Waals surface area contributed by atoms with Crippen LogP contribution in [0.3, 0.4) is 0 Å². The van der Waals surface area contributed by atoms with E-state index in [1.54, 1.807) is 56.7 Å². The fourth-order valence-corrected chi connectivity index (χ4v) is 4.57. The zero-order valence-electron chi connectivity index (χ0n) is 22.8. The van der Waals surface area contributed by atoms with Crippen LogP contribution >= 0.6 is 0 Å². The number of carbonyl (C=O) groups excluding carboxylic acids is 2. The number of hydrogen-bond acceptors (Lipinski definition) is 9. The van der Waals surface area contributed by atoms with Crippen LogP contribution in [0.15, 0.2) is 54.5 Å². The number of nitrogens with zero attached hydrogens (tertiary/aromatic N) is 3. The maximum Gasteiger partial charge on any atom is 0.325 e. The van der Waals surface area contributed by atoms with Gasteiger partial charge in [-0.3, -0.25) is 9.36 Å². The van der Waals surface area contributed by atoms with E-state index >= 15 is 0 Å². The standard InChI is InChI=1S/C28H35N7O5/c1-18(36)17-34-9-6-21(7-10-34)32-16-20(15-29)27(37)33-26-13-22(4-8-31-26)40-25-12-19-5-11-35(28(38)30-2)23(19)14-24(25)39-3/h4-5,8,11-16,18,21,29,32,36H,6-7,9-10,17H2,1-3H3,(H,30,38)(H,31,33,37)/b20-16+,29-15?/t18-/m1/s1. The number of aliphatic hydroxyl groups is 1. The van der Waals surface area contributed by atoms with Crippen molar-refractivity contribution in [3.05, 3.63) is 54.5 Å². The molecule has 12 nitrogen and oxygen atoms in total. The summed E-state index contributed by atoms with van der Waals surface area (Å²) in [6.07, 6.45) is 7.12. The number of nitrogens with one attached hydrogen (secondary N) is 4. The van der Waals surface area contributed by atoms with Gasteiger partial charge in [-0.2, -0.15) is 0 Å². The molecule has 4 rings (SSSR count). The van der Waals surface area contributed by atoms with E-state index in [1.807, 2.05) is 0 Å². The van der Waals surface area contributed by atoms with Crippen LogP contribution in [0.25, 0.3) is 10.9 Å².